The summed E-state index contributed by atoms with van der Waals surface area (Å²) in [4.78, 5) is 12.8. The molecule has 30 heavy (non-hydrogen) atoms. The van der Waals surface area contributed by atoms with E-state index in [1.807, 2.05) is 0 Å². The second-order valence-electron chi connectivity index (χ2n) is 6.92. The summed E-state index contributed by atoms with van der Waals surface area (Å²) >= 11 is 0. The van der Waals surface area contributed by atoms with Gasteiger partial charge in [0.2, 0.25) is 0 Å². The van der Waals surface area contributed by atoms with E-state index in [0.717, 1.165) is 4.57 Å². The Morgan fingerprint density at radius 3 is 2.03 bits per heavy atom. The average Bonchev–Trinajstić information content (AvgIpc) is 2.65. The van der Waals surface area contributed by atoms with Crippen LogP contribution in [0.3, 0.4) is 0 Å². The number of aromatic nitrogens is 1. The molecular weight excluding hydrogens is 419 g/mol. The van der Waals surface area contributed by atoms with E-state index in [1.165, 1.54) is 24.3 Å². The van der Waals surface area contributed by atoms with E-state index in [0.29, 0.717) is 18.9 Å². The molecular formula is C20H16F7NO2. The summed E-state index contributed by atoms with van der Waals surface area (Å²) in [5.74, 6) is -1.46. The molecule has 0 saturated heterocycles. The molecule has 1 aromatic heterocycles. The Morgan fingerprint density at radius 2 is 1.50 bits per heavy atom. The quantitative estimate of drug-likeness (QED) is 0.440. The highest BCUT2D eigenvalue weighted by Crippen LogP contribution is 2.50. The number of rotatable bonds is 4. The fraction of sp³-hybridized carbons (Fsp3) is 0.350. The van der Waals surface area contributed by atoms with E-state index in [1.54, 1.807) is 6.92 Å². The molecule has 0 unspecified atom stereocenters. The minimum atomic E-state index is -6.15. The first-order valence-electron chi connectivity index (χ1n) is 8.95. The van der Waals surface area contributed by atoms with Crippen LogP contribution in [0.5, 0.6) is 0 Å². The zero-order chi connectivity index (χ0) is 22.5. The van der Waals surface area contributed by atoms with Gasteiger partial charge in [0.25, 0.3) is 11.2 Å². The molecule has 0 spiro atoms. The van der Waals surface area contributed by atoms with Gasteiger partial charge in [-0.05, 0) is 30.0 Å². The van der Waals surface area contributed by atoms with Crippen LogP contribution in [0, 0.1) is 5.82 Å². The minimum absolute atomic E-state index is 0.0139. The summed E-state index contributed by atoms with van der Waals surface area (Å²) in [5, 5.41) is 9.36. The molecule has 1 heterocycles. The fourth-order valence-electron chi connectivity index (χ4n) is 3.46. The Bertz CT molecular complexity index is 1150. The molecule has 2 aromatic carbocycles. The topological polar surface area (TPSA) is 42.2 Å². The van der Waals surface area contributed by atoms with Crippen molar-refractivity contribution in [2.75, 3.05) is 0 Å². The summed E-state index contributed by atoms with van der Waals surface area (Å²) in [6.45, 7) is 1.82. The van der Waals surface area contributed by atoms with Crippen molar-refractivity contribution in [3.8, 4) is 0 Å². The predicted molar refractivity (Wildman–Crippen MR) is 96.6 cm³/mol. The molecule has 1 N–H and O–H groups in total. The van der Waals surface area contributed by atoms with Gasteiger partial charge in [-0.15, -0.1) is 0 Å². The Balaban J connectivity index is 2.50. The van der Waals surface area contributed by atoms with E-state index in [4.69, 9.17) is 0 Å². The van der Waals surface area contributed by atoms with Crippen LogP contribution in [-0.4, -0.2) is 22.0 Å². The predicted octanol–water partition coefficient (Wildman–Crippen LogP) is 5.41. The highest BCUT2D eigenvalue weighted by Gasteiger charge is 2.71. The number of hydrogen-bond donors (Lipinski definition) is 1. The van der Waals surface area contributed by atoms with Crippen molar-refractivity contribution in [1.29, 1.82) is 0 Å². The second-order valence-corrected chi connectivity index (χ2v) is 6.92. The lowest BCUT2D eigenvalue weighted by atomic mass is 9.90. The SMILES string of the molecule is CCCCn1c(=O)c2ccccc2c2cc(C(O)(C(F)(F)F)C(F)(F)F)cc(F)c21. The Hall–Kier alpha value is -2.62. The van der Waals surface area contributed by atoms with Gasteiger partial charge in [0.1, 0.15) is 5.82 Å². The molecule has 0 atom stereocenters. The van der Waals surface area contributed by atoms with E-state index in [2.05, 4.69) is 0 Å². The van der Waals surface area contributed by atoms with Gasteiger partial charge in [-0.25, -0.2) is 4.39 Å². The summed E-state index contributed by atoms with van der Waals surface area (Å²) in [7, 11) is 0. The molecule has 3 aromatic rings. The van der Waals surface area contributed by atoms with Gasteiger partial charge in [-0.2, -0.15) is 26.3 Å². The third kappa shape index (κ3) is 3.23. The number of pyridine rings is 1. The zero-order valence-electron chi connectivity index (χ0n) is 15.5. The van der Waals surface area contributed by atoms with Gasteiger partial charge >= 0.3 is 12.4 Å². The van der Waals surface area contributed by atoms with Crippen LogP contribution in [-0.2, 0) is 12.1 Å². The van der Waals surface area contributed by atoms with Crippen LogP contribution in [0.25, 0.3) is 21.7 Å². The van der Waals surface area contributed by atoms with Crippen LogP contribution >= 0.6 is 0 Å². The van der Waals surface area contributed by atoms with Gasteiger partial charge in [0.05, 0.1) is 5.52 Å². The highest BCUT2D eigenvalue weighted by atomic mass is 19.4. The lowest BCUT2D eigenvalue weighted by Gasteiger charge is -2.33. The van der Waals surface area contributed by atoms with Gasteiger partial charge < -0.3 is 9.67 Å². The van der Waals surface area contributed by atoms with E-state index >= 15 is 0 Å². The van der Waals surface area contributed by atoms with Gasteiger partial charge in [-0.1, -0.05) is 31.5 Å². The number of aliphatic hydroxyl groups is 1. The first-order valence-corrected chi connectivity index (χ1v) is 8.95. The third-order valence-corrected chi connectivity index (χ3v) is 5.00. The number of aryl methyl sites for hydroxylation is 1. The molecule has 0 aliphatic heterocycles. The van der Waals surface area contributed by atoms with Crippen molar-refractivity contribution in [3.05, 3.63) is 58.1 Å². The summed E-state index contributed by atoms with van der Waals surface area (Å²) in [6.07, 6.45) is -11.3. The number of alkyl halides is 6. The van der Waals surface area contributed by atoms with Crippen molar-refractivity contribution >= 4 is 21.7 Å². The number of fused-ring (bicyclic) bond motifs is 3. The summed E-state index contributed by atoms with van der Waals surface area (Å²) in [5.41, 5.74) is -8.01. The first-order chi connectivity index (χ1) is 13.8. The average molecular weight is 435 g/mol. The van der Waals surface area contributed by atoms with Gasteiger partial charge in [-0.3, -0.25) is 4.79 Å². The maximum Gasteiger partial charge on any atom is 0.430 e. The van der Waals surface area contributed by atoms with Crippen molar-refractivity contribution in [3.63, 3.8) is 0 Å². The van der Waals surface area contributed by atoms with Crippen LogP contribution in [0.15, 0.2) is 41.2 Å². The molecule has 10 heteroatoms. The summed E-state index contributed by atoms with van der Waals surface area (Å²) in [6, 6.07) is 5.98. The lowest BCUT2D eigenvalue weighted by Crippen LogP contribution is -2.54. The van der Waals surface area contributed by atoms with Crippen molar-refractivity contribution < 1.29 is 35.8 Å². The lowest BCUT2D eigenvalue weighted by molar-refractivity contribution is -0.376. The van der Waals surface area contributed by atoms with Gasteiger partial charge in [0.15, 0.2) is 0 Å². The summed E-state index contributed by atoms with van der Waals surface area (Å²) < 4.78 is 95.7. The van der Waals surface area contributed by atoms with Crippen molar-refractivity contribution in [2.24, 2.45) is 0 Å². The van der Waals surface area contributed by atoms with E-state index < -0.39 is 40.4 Å². The zero-order valence-corrected chi connectivity index (χ0v) is 15.5. The molecule has 3 nitrogen and oxygen atoms in total. The largest absolute Gasteiger partial charge is 0.430 e. The minimum Gasteiger partial charge on any atom is -0.369 e. The van der Waals surface area contributed by atoms with Crippen LogP contribution < -0.4 is 5.56 Å². The molecule has 3 rings (SSSR count). The van der Waals surface area contributed by atoms with Crippen LogP contribution in [0.2, 0.25) is 0 Å². The van der Waals surface area contributed by atoms with Crippen molar-refractivity contribution in [1.82, 2.24) is 4.57 Å². The smallest absolute Gasteiger partial charge is 0.369 e. The molecule has 162 valence electrons. The number of hydrogen-bond acceptors (Lipinski definition) is 2. The monoisotopic (exact) mass is 435 g/mol. The molecule has 0 fully saturated rings. The maximum absolute atomic E-state index is 14.9. The fourth-order valence-corrected chi connectivity index (χ4v) is 3.46. The number of halogens is 7. The Morgan fingerprint density at radius 1 is 0.933 bits per heavy atom. The Kier molecular flexibility index (Phi) is 5.34. The molecule has 0 saturated carbocycles. The molecule has 0 radical (unpaired) electrons. The molecule has 0 amide bonds. The molecule has 0 aliphatic carbocycles. The number of benzene rings is 2. The standard InChI is InChI=1S/C20H16F7NO2/c1-2-3-8-28-16-14(12-6-4-5-7-13(12)17(28)29)9-11(10-15(16)21)18(30,19(22,23)24)20(25,26)27/h4-7,9-10,30H,2-3,8H2,1H3. The Labute approximate surface area is 165 Å². The highest BCUT2D eigenvalue weighted by molar-refractivity contribution is 6.06. The number of unbranched alkanes of at least 4 members (excludes halogenated alkanes) is 1. The third-order valence-electron chi connectivity index (χ3n) is 5.00. The second kappa shape index (κ2) is 7.26. The number of nitrogens with zero attached hydrogens (tertiary/aromatic N) is 1. The first kappa shape index (κ1) is 22.1. The molecule has 0 aliphatic rings. The van der Waals surface area contributed by atoms with Crippen molar-refractivity contribution in [2.45, 2.75) is 44.3 Å². The van der Waals surface area contributed by atoms with E-state index in [9.17, 15) is 40.6 Å². The normalized spacial score (nSPS) is 13.4. The van der Waals surface area contributed by atoms with Crippen LogP contribution in [0.4, 0.5) is 30.7 Å². The van der Waals surface area contributed by atoms with E-state index in [-0.39, 0.29) is 28.8 Å². The van der Waals surface area contributed by atoms with Gasteiger partial charge in [0, 0.05) is 22.9 Å². The van der Waals surface area contributed by atoms with Crippen LogP contribution in [0.1, 0.15) is 25.3 Å². The maximum atomic E-state index is 14.9. The molecule has 0 bridgehead atoms.